The lowest BCUT2D eigenvalue weighted by Gasteiger charge is -1.90. The molecule has 0 spiro atoms. The Labute approximate surface area is 68.3 Å². The number of rotatable bonds is 3. The number of aryl methyl sites for hydroxylation is 3. The molecular weight excluding hydrogens is 136 g/mol. The molecule has 0 amide bonds. The van der Waals surface area contributed by atoms with E-state index in [1.165, 1.54) is 18.5 Å². The largest absolute Gasteiger partial charge is 0.338 e. The van der Waals surface area contributed by atoms with Gasteiger partial charge < -0.3 is 4.57 Å². The number of hydrogen-bond acceptors (Lipinski definition) is 1. The van der Waals surface area contributed by atoms with Gasteiger partial charge in [0, 0.05) is 13.2 Å². The molecule has 11 heavy (non-hydrogen) atoms. The number of hydrogen-bond donors (Lipinski definition) is 0. The summed E-state index contributed by atoms with van der Waals surface area (Å²) < 4.78 is 2.07. The molecule has 0 aliphatic rings. The van der Waals surface area contributed by atoms with Gasteiger partial charge in [0.05, 0.1) is 5.69 Å². The first kappa shape index (κ1) is 8.31. The van der Waals surface area contributed by atoms with Crippen LogP contribution in [0.15, 0.2) is 6.20 Å². The van der Waals surface area contributed by atoms with Gasteiger partial charge in [-0.2, -0.15) is 0 Å². The van der Waals surface area contributed by atoms with Crippen LogP contribution in [-0.4, -0.2) is 9.55 Å². The van der Waals surface area contributed by atoms with Gasteiger partial charge in [0.15, 0.2) is 0 Å². The maximum absolute atomic E-state index is 4.41. The molecule has 2 nitrogen and oxygen atoms in total. The molecule has 0 saturated heterocycles. The van der Waals surface area contributed by atoms with Crippen molar-refractivity contribution in [2.75, 3.05) is 0 Å². The third-order valence-electron chi connectivity index (χ3n) is 1.94. The van der Waals surface area contributed by atoms with Crippen molar-refractivity contribution in [2.24, 2.45) is 7.05 Å². The highest BCUT2D eigenvalue weighted by Gasteiger charge is 1.98. The molecule has 1 aromatic rings. The van der Waals surface area contributed by atoms with E-state index < -0.39 is 0 Å². The summed E-state index contributed by atoms with van der Waals surface area (Å²) in [5.41, 5.74) is 1.23. The monoisotopic (exact) mass is 152 g/mol. The van der Waals surface area contributed by atoms with Gasteiger partial charge in [-0.25, -0.2) is 4.98 Å². The summed E-state index contributed by atoms with van der Waals surface area (Å²) >= 11 is 0. The molecular formula is C9H16N2. The molecule has 62 valence electrons. The third kappa shape index (κ3) is 2.07. The molecule has 0 unspecified atom stereocenters. The Morgan fingerprint density at radius 2 is 2.27 bits per heavy atom. The third-order valence-corrected chi connectivity index (χ3v) is 1.94. The first-order chi connectivity index (χ1) is 5.24. The van der Waals surface area contributed by atoms with Crippen LogP contribution in [-0.2, 0) is 13.5 Å². The molecule has 1 rings (SSSR count). The molecule has 2 heteroatoms. The Balaban J connectivity index is 2.58. The lowest BCUT2D eigenvalue weighted by atomic mass is 10.2. The molecule has 0 aliphatic carbocycles. The summed E-state index contributed by atoms with van der Waals surface area (Å²) in [4.78, 5) is 4.41. The number of imidazole rings is 1. The predicted octanol–water partition coefficient (Wildman–Crippen LogP) is 2.07. The summed E-state index contributed by atoms with van der Waals surface area (Å²) in [6, 6.07) is 0. The second-order valence-corrected chi connectivity index (χ2v) is 2.99. The average Bonchev–Trinajstić information content (AvgIpc) is 2.28. The van der Waals surface area contributed by atoms with Gasteiger partial charge >= 0.3 is 0 Å². The molecule has 0 saturated carbocycles. The zero-order valence-electron chi connectivity index (χ0n) is 7.59. The van der Waals surface area contributed by atoms with Gasteiger partial charge in [0.25, 0.3) is 0 Å². The Morgan fingerprint density at radius 3 is 2.73 bits per heavy atom. The quantitative estimate of drug-likeness (QED) is 0.648. The fourth-order valence-corrected chi connectivity index (χ4v) is 1.11. The van der Waals surface area contributed by atoms with E-state index in [1.54, 1.807) is 0 Å². The minimum absolute atomic E-state index is 1.11. The molecule has 0 fully saturated rings. The summed E-state index contributed by atoms with van der Waals surface area (Å²) in [5, 5.41) is 0. The zero-order valence-corrected chi connectivity index (χ0v) is 7.59. The number of nitrogens with zero attached hydrogens (tertiary/aromatic N) is 2. The SMILES string of the molecule is CCCCc1cn(C)c(C)n1. The van der Waals surface area contributed by atoms with Crippen LogP contribution in [0, 0.1) is 6.92 Å². The fraction of sp³-hybridized carbons (Fsp3) is 0.667. The minimum atomic E-state index is 1.11. The topological polar surface area (TPSA) is 17.8 Å². The van der Waals surface area contributed by atoms with Gasteiger partial charge in [-0.3, -0.25) is 0 Å². The van der Waals surface area contributed by atoms with Gasteiger partial charge in [-0.1, -0.05) is 13.3 Å². The van der Waals surface area contributed by atoms with Crippen LogP contribution >= 0.6 is 0 Å². The minimum Gasteiger partial charge on any atom is -0.338 e. The molecule has 0 atom stereocenters. The Kier molecular flexibility index (Phi) is 2.69. The van der Waals surface area contributed by atoms with Crippen molar-refractivity contribution in [3.8, 4) is 0 Å². The van der Waals surface area contributed by atoms with Crippen molar-refractivity contribution in [3.63, 3.8) is 0 Å². The van der Waals surface area contributed by atoms with Crippen LogP contribution in [0.1, 0.15) is 31.3 Å². The summed E-state index contributed by atoms with van der Waals surface area (Å²) in [6.07, 6.45) is 5.73. The van der Waals surface area contributed by atoms with E-state index >= 15 is 0 Å². The smallest absolute Gasteiger partial charge is 0.105 e. The van der Waals surface area contributed by atoms with Crippen molar-refractivity contribution >= 4 is 0 Å². The second-order valence-electron chi connectivity index (χ2n) is 2.99. The molecule has 0 radical (unpaired) electrons. The highest BCUT2D eigenvalue weighted by atomic mass is 15.0. The molecule has 1 heterocycles. The maximum Gasteiger partial charge on any atom is 0.105 e. The standard InChI is InChI=1S/C9H16N2/c1-4-5-6-9-7-11(3)8(2)10-9/h7H,4-6H2,1-3H3. The van der Waals surface area contributed by atoms with E-state index in [9.17, 15) is 0 Å². The summed E-state index contributed by atoms with van der Waals surface area (Å²) in [7, 11) is 2.04. The first-order valence-corrected chi connectivity index (χ1v) is 4.23. The predicted molar refractivity (Wildman–Crippen MR) is 46.6 cm³/mol. The van der Waals surface area contributed by atoms with Crippen molar-refractivity contribution in [1.29, 1.82) is 0 Å². The van der Waals surface area contributed by atoms with Crippen LogP contribution in [0.25, 0.3) is 0 Å². The second kappa shape index (κ2) is 3.56. The van der Waals surface area contributed by atoms with Crippen LogP contribution in [0.3, 0.4) is 0 Å². The van der Waals surface area contributed by atoms with Gasteiger partial charge in [0.2, 0.25) is 0 Å². The van der Waals surface area contributed by atoms with Gasteiger partial charge in [-0.15, -0.1) is 0 Å². The first-order valence-electron chi connectivity index (χ1n) is 4.23. The van der Waals surface area contributed by atoms with E-state index in [4.69, 9.17) is 0 Å². The number of aromatic nitrogens is 2. The van der Waals surface area contributed by atoms with E-state index in [-0.39, 0.29) is 0 Å². The number of unbranched alkanes of at least 4 members (excludes halogenated alkanes) is 1. The van der Waals surface area contributed by atoms with E-state index in [0.717, 1.165) is 12.2 Å². The normalized spacial score (nSPS) is 10.5. The van der Waals surface area contributed by atoms with E-state index in [1.807, 2.05) is 14.0 Å². The van der Waals surface area contributed by atoms with E-state index in [0.29, 0.717) is 0 Å². The highest BCUT2D eigenvalue weighted by molar-refractivity contribution is 5.02. The van der Waals surface area contributed by atoms with Crippen LogP contribution in [0.5, 0.6) is 0 Å². The van der Waals surface area contributed by atoms with Crippen LogP contribution < -0.4 is 0 Å². The molecule has 0 aromatic carbocycles. The fourth-order valence-electron chi connectivity index (χ4n) is 1.11. The Morgan fingerprint density at radius 1 is 1.55 bits per heavy atom. The van der Waals surface area contributed by atoms with Crippen molar-refractivity contribution in [2.45, 2.75) is 33.1 Å². The zero-order chi connectivity index (χ0) is 8.27. The Hall–Kier alpha value is -0.790. The lowest BCUT2D eigenvalue weighted by Crippen LogP contribution is -1.86. The van der Waals surface area contributed by atoms with Crippen molar-refractivity contribution in [3.05, 3.63) is 17.7 Å². The molecule has 1 aromatic heterocycles. The summed E-state index contributed by atoms with van der Waals surface area (Å²) in [6.45, 7) is 4.24. The maximum atomic E-state index is 4.41. The Bertz CT molecular complexity index is 206. The lowest BCUT2D eigenvalue weighted by molar-refractivity contribution is 0.779. The van der Waals surface area contributed by atoms with Gasteiger partial charge in [0.1, 0.15) is 5.82 Å². The van der Waals surface area contributed by atoms with Crippen molar-refractivity contribution in [1.82, 2.24) is 9.55 Å². The van der Waals surface area contributed by atoms with Gasteiger partial charge in [-0.05, 0) is 19.8 Å². The van der Waals surface area contributed by atoms with E-state index in [2.05, 4.69) is 22.7 Å². The average molecular weight is 152 g/mol. The summed E-state index contributed by atoms with van der Waals surface area (Å²) in [5.74, 6) is 1.11. The molecule has 0 aliphatic heterocycles. The molecule has 0 N–H and O–H groups in total. The van der Waals surface area contributed by atoms with Crippen molar-refractivity contribution < 1.29 is 0 Å². The highest BCUT2D eigenvalue weighted by Crippen LogP contribution is 2.03. The molecule has 0 bridgehead atoms. The van der Waals surface area contributed by atoms with Crippen LogP contribution in [0.2, 0.25) is 0 Å². The van der Waals surface area contributed by atoms with Crippen LogP contribution in [0.4, 0.5) is 0 Å².